The van der Waals surface area contributed by atoms with E-state index in [1.54, 1.807) is 16.8 Å². The van der Waals surface area contributed by atoms with Crippen molar-refractivity contribution in [2.24, 2.45) is 0 Å². The maximum atomic E-state index is 12.0. The number of nitrogens with two attached hydrogens (primary N) is 1. The molecule has 0 aliphatic carbocycles. The van der Waals surface area contributed by atoms with Gasteiger partial charge in [0.05, 0.1) is 17.1 Å². The summed E-state index contributed by atoms with van der Waals surface area (Å²) < 4.78 is 1.58. The number of nitrogens with one attached hydrogen (secondary N) is 1. The van der Waals surface area contributed by atoms with Crippen molar-refractivity contribution in [3.8, 4) is 11.8 Å². The third-order valence-corrected chi connectivity index (χ3v) is 5.47. The number of nitrogen functional groups attached to an aromatic ring is 1. The van der Waals surface area contributed by atoms with Crippen LogP contribution >= 0.6 is 23.4 Å². The summed E-state index contributed by atoms with van der Waals surface area (Å²) in [5.41, 5.74) is 7.93. The number of benzene rings is 2. The zero-order chi connectivity index (χ0) is 20.6. The Morgan fingerprint density at radius 3 is 2.62 bits per heavy atom. The van der Waals surface area contributed by atoms with E-state index in [-0.39, 0.29) is 5.91 Å². The molecule has 0 spiro atoms. The van der Waals surface area contributed by atoms with Gasteiger partial charge in [-0.2, -0.15) is 10.4 Å². The number of nitriles is 1. The molecule has 0 saturated carbocycles. The molecule has 1 aromatic heterocycles. The molecule has 0 aliphatic rings. The van der Waals surface area contributed by atoms with Gasteiger partial charge in [-0.3, -0.25) is 4.79 Å². The van der Waals surface area contributed by atoms with Gasteiger partial charge in [-0.05, 0) is 49.2 Å². The van der Waals surface area contributed by atoms with E-state index in [1.165, 1.54) is 11.8 Å². The summed E-state index contributed by atoms with van der Waals surface area (Å²) >= 11 is 7.31. The van der Waals surface area contributed by atoms with Gasteiger partial charge in [0, 0.05) is 16.5 Å². The molecule has 148 valence electrons. The Labute approximate surface area is 178 Å². The van der Waals surface area contributed by atoms with Gasteiger partial charge in [-0.1, -0.05) is 29.8 Å². The Bertz CT molecular complexity index is 1010. The average Bonchev–Trinajstić information content (AvgIpc) is 3.06. The fourth-order valence-corrected chi connectivity index (χ4v) is 3.61. The highest BCUT2D eigenvalue weighted by molar-refractivity contribution is 8.00. The number of halogens is 1. The molecule has 3 aromatic rings. The SMILES string of the molecule is N#Cc1c(CCCNC(=O)CSc2ccc(Cl)cc2)nn(-c2ccccc2)c1N. The molecule has 3 rings (SSSR count). The van der Waals surface area contributed by atoms with Crippen LogP contribution < -0.4 is 11.1 Å². The Morgan fingerprint density at radius 1 is 1.21 bits per heavy atom. The Morgan fingerprint density at radius 2 is 1.93 bits per heavy atom. The smallest absolute Gasteiger partial charge is 0.230 e. The van der Waals surface area contributed by atoms with Crippen molar-refractivity contribution in [2.75, 3.05) is 18.0 Å². The average molecular weight is 426 g/mol. The van der Waals surface area contributed by atoms with E-state index < -0.39 is 0 Å². The first-order valence-electron chi connectivity index (χ1n) is 9.06. The van der Waals surface area contributed by atoms with Crippen LogP contribution in [0.2, 0.25) is 5.02 Å². The highest BCUT2D eigenvalue weighted by atomic mass is 35.5. The van der Waals surface area contributed by atoms with E-state index in [0.29, 0.717) is 47.2 Å². The molecule has 0 aliphatic heterocycles. The van der Waals surface area contributed by atoms with E-state index in [0.717, 1.165) is 10.6 Å². The molecule has 0 bridgehead atoms. The summed E-state index contributed by atoms with van der Waals surface area (Å²) in [6.07, 6.45) is 1.22. The van der Waals surface area contributed by atoms with Crippen LogP contribution in [0.3, 0.4) is 0 Å². The lowest BCUT2D eigenvalue weighted by Gasteiger charge is -2.05. The first kappa shape index (κ1) is 20.8. The highest BCUT2D eigenvalue weighted by Crippen LogP contribution is 2.22. The topological polar surface area (TPSA) is 96.7 Å². The molecule has 3 N–H and O–H groups in total. The minimum Gasteiger partial charge on any atom is -0.382 e. The van der Waals surface area contributed by atoms with Crippen LogP contribution in [0.1, 0.15) is 17.7 Å². The van der Waals surface area contributed by atoms with Crippen molar-refractivity contribution < 1.29 is 4.79 Å². The molecule has 0 fully saturated rings. The van der Waals surface area contributed by atoms with Crippen LogP contribution in [0.4, 0.5) is 5.82 Å². The van der Waals surface area contributed by atoms with Crippen molar-refractivity contribution in [1.82, 2.24) is 15.1 Å². The number of thioether (sulfide) groups is 1. The number of carbonyl (C=O) groups is 1. The Balaban J connectivity index is 1.49. The van der Waals surface area contributed by atoms with Gasteiger partial charge in [0.1, 0.15) is 17.5 Å². The third kappa shape index (κ3) is 5.53. The standard InChI is InChI=1S/C21H20ClN5OS/c22-15-8-10-17(11-9-15)29-14-20(28)25-12-4-7-19-18(13-23)21(24)27(26-19)16-5-2-1-3-6-16/h1-3,5-6,8-11H,4,7,12,14,24H2,(H,25,28). The number of hydrogen-bond donors (Lipinski definition) is 2. The first-order chi connectivity index (χ1) is 14.1. The second kappa shape index (κ2) is 10.0. The lowest BCUT2D eigenvalue weighted by molar-refractivity contribution is -0.118. The van der Waals surface area contributed by atoms with Crippen LogP contribution in [0, 0.1) is 11.3 Å². The molecule has 0 atom stereocenters. The maximum absolute atomic E-state index is 12.0. The third-order valence-electron chi connectivity index (χ3n) is 4.20. The summed E-state index contributed by atoms with van der Waals surface area (Å²) in [5, 5.41) is 17.5. The first-order valence-corrected chi connectivity index (χ1v) is 10.4. The molecule has 6 nitrogen and oxygen atoms in total. The summed E-state index contributed by atoms with van der Waals surface area (Å²) in [4.78, 5) is 13.0. The number of hydrogen-bond acceptors (Lipinski definition) is 5. The number of aryl methyl sites for hydroxylation is 1. The molecule has 1 amide bonds. The number of para-hydroxylation sites is 1. The molecule has 1 heterocycles. The van der Waals surface area contributed by atoms with Crippen LogP contribution in [-0.2, 0) is 11.2 Å². The van der Waals surface area contributed by atoms with Gasteiger partial charge in [-0.15, -0.1) is 11.8 Å². The number of rotatable bonds is 8. The minimum absolute atomic E-state index is 0.0419. The maximum Gasteiger partial charge on any atom is 0.230 e. The van der Waals surface area contributed by atoms with E-state index in [9.17, 15) is 10.1 Å². The van der Waals surface area contributed by atoms with E-state index in [2.05, 4.69) is 16.5 Å². The summed E-state index contributed by atoms with van der Waals surface area (Å²) in [6.45, 7) is 0.503. The summed E-state index contributed by atoms with van der Waals surface area (Å²) in [5.74, 6) is 0.623. The summed E-state index contributed by atoms with van der Waals surface area (Å²) in [6, 6.07) is 19.0. The van der Waals surface area contributed by atoms with Gasteiger partial charge in [-0.25, -0.2) is 4.68 Å². The van der Waals surface area contributed by atoms with Crippen molar-refractivity contribution in [3.05, 3.63) is 70.9 Å². The lowest BCUT2D eigenvalue weighted by Crippen LogP contribution is -2.26. The quantitative estimate of drug-likeness (QED) is 0.422. The number of aromatic nitrogens is 2. The normalized spacial score (nSPS) is 10.5. The predicted octanol–water partition coefficient (Wildman–Crippen LogP) is 3.82. The van der Waals surface area contributed by atoms with Crippen molar-refractivity contribution in [1.29, 1.82) is 5.26 Å². The largest absolute Gasteiger partial charge is 0.382 e. The van der Waals surface area contributed by atoms with Gasteiger partial charge in [0.2, 0.25) is 5.91 Å². The van der Waals surface area contributed by atoms with E-state index >= 15 is 0 Å². The molecule has 29 heavy (non-hydrogen) atoms. The molecular weight excluding hydrogens is 406 g/mol. The number of carbonyl (C=O) groups excluding carboxylic acids is 1. The van der Waals surface area contributed by atoms with Crippen LogP contribution in [0.15, 0.2) is 59.5 Å². The van der Waals surface area contributed by atoms with E-state index in [4.69, 9.17) is 17.3 Å². The van der Waals surface area contributed by atoms with Gasteiger partial charge < -0.3 is 11.1 Å². The van der Waals surface area contributed by atoms with Crippen molar-refractivity contribution >= 4 is 35.1 Å². The number of anilines is 1. The Kier molecular flexibility index (Phi) is 7.17. The lowest BCUT2D eigenvalue weighted by atomic mass is 10.1. The van der Waals surface area contributed by atoms with Gasteiger partial charge in [0.25, 0.3) is 0 Å². The van der Waals surface area contributed by atoms with Crippen LogP contribution in [0.5, 0.6) is 0 Å². The van der Waals surface area contributed by atoms with Gasteiger partial charge in [0.15, 0.2) is 0 Å². The Hall–Kier alpha value is -2.95. The van der Waals surface area contributed by atoms with Crippen molar-refractivity contribution in [2.45, 2.75) is 17.7 Å². The second-order valence-electron chi connectivity index (χ2n) is 6.26. The fraction of sp³-hybridized carbons (Fsp3) is 0.190. The molecule has 0 radical (unpaired) electrons. The zero-order valence-corrected chi connectivity index (χ0v) is 17.2. The molecule has 0 unspecified atom stereocenters. The fourth-order valence-electron chi connectivity index (χ4n) is 2.76. The molecule has 8 heteroatoms. The predicted molar refractivity (Wildman–Crippen MR) is 116 cm³/mol. The van der Waals surface area contributed by atoms with Crippen LogP contribution in [-0.4, -0.2) is 28.0 Å². The molecule has 2 aromatic carbocycles. The number of amides is 1. The molecular formula is C21H20ClN5OS. The highest BCUT2D eigenvalue weighted by Gasteiger charge is 2.16. The minimum atomic E-state index is -0.0419. The van der Waals surface area contributed by atoms with Crippen molar-refractivity contribution in [3.63, 3.8) is 0 Å². The number of nitrogens with zero attached hydrogens (tertiary/aromatic N) is 3. The molecule has 0 saturated heterocycles. The second-order valence-corrected chi connectivity index (χ2v) is 7.75. The van der Waals surface area contributed by atoms with Gasteiger partial charge >= 0.3 is 0 Å². The monoisotopic (exact) mass is 425 g/mol. The zero-order valence-electron chi connectivity index (χ0n) is 15.6. The van der Waals surface area contributed by atoms with Crippen LogP contribution in [0.25, 0.3) is 5.69 Å². The van der Waals surface area contributed by atoms with E-state index in [1.807, 2.05) is 42.5 Å². The summed E-state index contributed by atoms with van der Waals surface area (Å²) in [7, 11) is 0.